The zero-order valence-corrected chi connectivity index (χ0v) is 18.5. The summed E-state index contributed by atoms with van der Waals surface area (Å²) in [7, 11) is 0. The first-order valence-electron chi connectivity index (χ1n) is 11.3. The topological polar surface area (TPSA) is 69.7 Å². The van der Waals surface area contributed by atoms with Crippen molar-refractivity contribution in [1.29, 1.82) is 0 Å². The van der Waals surface area contributed by atoms with Gasteiger partial charge in [0.05, 0.1) is 0 Å². The highest BCUT2D eigenvalue weighted by Crippen LogP contribution is 2.25. The van der Waals surface area contributed by atoms with Crippen LogP contribution < -0.4 is 5.32 Å². The lowest BCUT2D eigenvalue weighted by atomic mass is 9.87. The van der Waals surface area contributed by atoms with Gasteiger partial charge >= 0.3 is 0 Å². The molecule has 6 nitrogen and oxygen atoms in total. The van der Waals surface area contributed by atoms with Gasteiger partial charge in [0.1, 0.15) is 6.04 Å². The molecule has 1 aromatic rings. The van der Waals surface area contributed by atoms with Crippen LogP contribution in [0, 0.1) is 18.8 Å². The van der Waals surface area contributed by atoms with Crippen LogP contribution in [0.25, 0.3) is 0 Å². The van der Waals surface area contributed by atoms with Crippen LogP contribution in [0.15, 0.2) is 24.3 Å². The first-order chi connectivity index (χ1) is 14.4. The van der Waals surface area contributed by atoms with Crippen LogP contribution >= 0.6 is 0 Å². The summed E-state index contributed by atoms with van der Waals surface area (Å²) in [5.41, 5.74) is 1.67. The second-order valence-corrected chi connectivity index (χ2v) is 9.02. The highest BCUT2D eigenvalue weighted by atomic mass is 16.2. The van der Waals surface area contributed by atoms with E-state index in [1.165, 1.54) is 0 Å². The fraction of sp³-hybridized carbons (Fsp3) is 0.625. The molecule has 0 saturated carbocycles. The summed E-state index contributed by atoms with van der Waals surface area (Å²) in [5, 5.41) is 3.05. The molecule has 1 aromatic carbocycles. The minimum absolute atomic E-state index is 0.0198. The van der Waals surface area contributed by atoms with Crippen molar-refractivity contribution in [1.82, 2.24) is 15.1 Å². The van der Waals surface area contributed by atoms with Gasteiger partial charge < -0.3 is 15.1 Å². The number of piperidine rings is 2. The van der Waals surface area contributed by atoms with Gasteiger partial charge in [-0.15, -0.1) is 0 Å². The van der Waals surface area contributed by atoms with Crippen LogP contribution in [-0.2, 0) is 9.59 Å². The van der Waals surface area contributed by atoms with Crippen LogP contribution in [0.3, 0.4) is 0 Å². The molecule has 6 heteroatoms. The highest BCUT2D eigenvalue weighted by Gasteiger charge is 2.36. The minimum atomic E-state index is -0.534. The second-order valence-electron chi connectivity index (χ2n) is 9.02. The quantitative estimate of drug-likeness (QED) is 0.807. The maximum Gasteiger partial charge on any atom is 0.251 e. The van der Waals surface area contributed by atoms with Gasteiger partial charge in [-0.3, -0.25) is 14.4 Å². The lowest BCUT2D eigenvalue weighted by Gasteiger charge is -2.39. The molecule has 0 unspecified atom stereocenters. The van der Waals surface area contributed by atoms with Gasteiger partial charge in [-0.25, -0.2) is 0 Å². The van der Waals surface area contributed by atoms with Crippen molar-refractivity contribution in [3.8, 4) is 0 Å². The molecule has 3 rings (SSSR count). The van der Waals surface area contributed by atoms with E-state index in [1.807, 2.05) is 42.7 Å². The molecule has 3 amide bonds. The van der Waals surface area contributed by atoms with Crippen molar-refractivity contribution in [2.75, 3.05) is 26.2 Å². The zero-order chi connectivity index (χ0) is 21.7. The minimum Gasteiger partial charge on any atom is -0.342 e. The predicted molar refractivity (Wildman–Crippen MR) is 117 cm³/mol. The van der Waals surface area contributed by atoms with E-state index < -0.39 is 6.04 Å². The number of likely N-dealkylation sites (tertiary alicyclic amines) is 2. The van der Waals surface area contributed by atoms with E-state index in [-0.39, 0.29) is 29.6 Å². The molecule has 2 aliphatic heterocycles. The number of nitrogens with one attached hydrogen (secondary N) is 1. The Morgan fingerprint density at radius 2 is 1.43 bits per heavy atom. The maximum atomic E-state index is 13.4. The molecular formula is C24H35N3O3. The molecule has 2 saturated heterocycles. The molecule has 164 valence electrons. The van der Waals surface area contributed by atoms with Crippen LogP contribution in [0.2, 0.25) is 0 Å². The number of aryl methyl sites for hydroxylation is 1. The van der Waals surface area contributed by atoms with E-state index in [0.29, 0.717) is 18.7 Å². The molecule has 30 heavy (non-hydrogen) atoms. The fourth-order valence-electron chi connectivity index (χ4n) is 4.44. The Morgan fingerprint density at radius 3 is 2.00 bits per heavy atom. The largest absolute Gasteiger partial charge is 0.342 e. The summed E-state index contributed by atoms with van der Waals surface area (Å²) in [4.78, 5) is 42.4. The normalized spacial score (nSPS) is 18.9. The van der Waals surface area contributed by atoms with Crippen molar-refractivity contribution in [3.63, 3.8) is 0 Å². The summed E-state index contributed by atoms with van der Waals surface area (Å²) < 4.78 is 0. The standard InChI is InChI=1S/C24H35N3O3/c1-17(2)23(29)27-15-11-19(12-16-27)21(24(30)26-13-5-4-6-14-26)25-22(28)20-9-7-18(3)8-10-20/h7-10,17,19,21H,4-6,11-16H2,1-3H3,(H,25,28)/t21-/m0/s1. The smallest absolute Gasteiger partial charge is 0.251 e. The first kappa shape index (κ1) is 22.3. The average molecular weight is 414 g/mol. The van der Waals surface area contributed by atoms with Gasteiger partial charge in [-0.1, -0.05) is 31.5 Å². The van der Waals surface area contributed by atoms with Crippen LogP contribution in [0.5, 0.6) is 0 Å². The predicted octanol–water partition coefficient (Wildman–Crippen LogP) is 3.00. The Kier molecular flexibility index (Phi) is 7.51. The third-order valence-electron chi connectivity index (χ3n) is 6.35. The molecule has 1 atom stereocenters. The fourth-order valence-corrected chi connectivity index (χ4v) is 4.44. The Balaban J connectivity index is 1.72. The molecule has 1 N–H and O–H groups in total. The van der Waals surface area contributed by atoms with Gasteiger partial charge in [0.15, 0.2) is 0 Å². The number of rotatable bonds is 5. The molecule has 0 radical (unpaired) electrons. The lowest BCUT2D eigenvalue weighted by Crippen LogP contribution is -2.55. The van der Waals surface area contributed by atoms with Crippen molar-refractivity contribution in [3.05, 3.63) is 35.4 Å². The number of carbonyl (C=O) groups is 3. The lowest BCUT2D eigenvalue weighted by molar-refractivity contribution is -0.138. The number of hydrogen-bond donors (Lipinski definition) is 1. The van der Waals surface area contributed by atoms with Crippen molar-refractivity contribution >= 4 is 17.7 Å². The molecule has 2 aliphatic rings. The van der Waals surface area contributed by atoms with Crippen molar-refractivity contribution in [2.45, 2.75) is 58.9 Å². The van der Waals surface area contributed by atoms with Gasteiger partial charge in [-0.2, -0.15) is 0 Å². The third-order valence-corrected chi connectivity index (χ3v) is 6.35. The Labute approximate surface area is 180 Å². The molecule has 2 fully saturated rings. The third kappa shape index (κ3) is 5.41. The van der Waals surface area contributed by atoms with Crippen LogP contribution in [0.1, 0.15) is 61.9 Å². The number of amides is 3. The molecule has 0 aliphatic carbocycles. The Hall–Kier alpha value is -2.37. The van der Waals surface area contributed by atoms with Gasteiger partial charge in [-0.05, 0) is 57.1 Å². The van der Waals surface area contributed by atoms with Crippen molar-refractivity contribution in [2.24, 2.45) is 11.8 Å². The second kappa shape index (κ2) is 10.1. The van der Waals surface area contributed by atoms with Crippen molar-refractivity contribution < 1.29 is 14.4 Å². The van der Waals surface area contributed by atoms with E-state index in [1.54, 1.807) is 12.1 Å². The van der Waals surface area contributed by atoms with Crippen LogP contribution in [-0.4, -0.2) is 59.7 Å². The van der Waals surface area contributed by atoms with Gasteiger partial charge in [0, 0.05) is 37.7 Å². The Morgan fingerprint density at radius 1 is 0.867 bits per heavy atom. The van der Waals surface area contributed by atoms with E-state index in [2.05, 4.69) is 5.32 Å². The number of carbonyl (C=O) groups excluding carboxylic acids is 3. The molecule has 0 spiro atoms. The molecular weight excluding hydrogens is 378 g/mol. The number of benzene rings is 1. The summed E-state index contributed by atoms with van der Waals surface area (Å²) >= 11 is 0. The van der Waals surface area contributed by atoms with E-state index in [9.17, 15) is 14.4 Å². The van der Waals surface area contributed by atoms with E-state index in [4.69, 9.17) is 0 Å². The SMILES string of the molecule is Cc1ccc(C(=O)N[C@H](C(=O)N2CCCCC2)C2CCN(C(=O)C(C)C)CC2)cc1. The van der Waals surface area contributed by atoms with E-state index >= 15 is 0 Å². The average Bonchev–Trinajstić information content (AvgIpc) is 2.77. The summed E-state index contributed by atoms with van der Waals surface area (Å²) in [6.07, 6.45) is 4.66. The zero-order valence-electron chi connectivity index (χ0n) is 18.5. The summed E-state index contributed by atoms with van der Waals surface area (Å²) in [6.45, 7) is 8.63. The number of hydrogen-bond acceptors (Lipinski definition) is 3. The van der Waals surface area contributed by atoms with Gasteiger partial charge in [0.25, 0.3) is 5.91 Å². The Bertz CT molecular complexity index is 745. The van der Waals surface area contributed by atoms with Crippen LogP contribution in [0.4, 0.5) is 0 Å². The highest BCUT2D eigenvalue weighted by molar-refractivity contribution is 5.97. The molecule has 2 heterocycles. The summed E-state index contributed by atoms with van der Waals surface area (Å²) in [5.74, 6) is 0.0181. The molecule has 0 aromatic heterocycles. The van der Waals surface area contributed by atoms with Gasteiger partial charge in [0.2, 0.25) is 11.8 Å². The number of nitrogens with zero attached hydrogens (tertiary/aromatic N) is 2. The summed E-state index contributed by atoms with van der Waals surface area (Å²) in [6, 6.07) is 6.89. The molecule has 0 bridgehead atoms. The maximum absolute atomic E-state index is 13.4. The monoisotopic (exact) mass is 413 g/mol. The first-order valence-corrected chi connectivity index (χ1v) is 11.3. The van der Waals surface area contributed by atoms with E-state index in [0.717, 1.165) is 50.8 Å².